The number of anilines is 1. The van der Waals surface area contributed by atoms with E-state index < -0.39 is 0 Å². The van der Waals surface area contributed by atoms with E-state index in [-0.39, 0.29) is 0 Å². The zero-order chi connectivity index (χ0) is 18.7. The molecule has 3 aromatic rings. The molecule has 0 radical (unpaired) electrons. The van der Waals surface area contributed by atoms with Gasteiger partial charge in [-0.1, -0.05) is 0 Å². The van der Waals surface area contributed by atoms with Crippen LogP contribution in [0.25, 0.3) is 11.3 Å². The number of nitrogens with one attached hydrogen (secondary N) is 1. The van der Waals surface area contributed by atoms with Crippen molar-refractivity contribution in [1.29, 1.82) is 0 Å². The van der Waals surface area contributed by atoms with Crippen LogP contribution >= 0.6 is 0 Å². The van der Waals surface area contributed by atoms with E-state index in [0.29, 0.717) is 12.5 Å². The van der Waals surface area contributed by atoms with Gasteiger partial charge in [0.1, 0.15) is 11.5 Å². The fraction of sp³-hybridized carbons (Fsp3) is 0.316. The molecule has 26 heavy (non-hydrogen) atoms. The lowest BCUT2D eigenvalue weighted by molar-refractivity contribution is 0.399. The molecule has 2 aromatic heterocycles. The Kier molecular flexibility index (Phi) is 5.06. The van der Waals surface area contributed by atoms with Crippen LogP contribution in [0.15, 0.2) is 30.5 Å². The first-order valence-corrected chi connectivity index (χ1v) is 8.32. The van der Waals surface area contributed by atoms with E-state index in [4.69, 9.17) is 9.47 Å². The number of aromatic nitrogens is 4. The van der Waals surface area contributed by atoms with Crippen molar-refractivity contribution < 1.29 is 9.47 Å². The third-order valence-electron chi connectivity index (χ3n) is 4.35. The molecule has 0 aliphatic carbocycles. The van der Waals surface area contributed by atoms with Crippen molar-refractivity contribution in [3.8, 4) is 22.8 Å². The second-order valence-electron chi connectivity index (χ2n) is 5.97. The molecule has 1 aromatic carbocycles. The van der Waals surface area contributed by atoms with Crippen molar-refractivity contribution in [3.63, 3.8) is 0 Å². The summed E-state index contributed by atoms with van der Waals surface area (Å²) >= 11 is 0. The van der Waals surface area contributed by atoms with Crippen LogP contribution in [0, 0.1) is 13.8 Å². The molecule has 0 atom stereocenters. The Labute approximate surface area is 153 Å². The van der Waals surface area contributed by atoms with Crippen LogP contribution in [-0.2, 0) is 13.6 Å². The van der Waals surface area contributed by atoms with E-state index in [9.17, 15) is 0 Å². The topological polar surface area (TPSA) is 74.1 Å². The summed E-state index contributed by atoms with van der Waals surface area (Å²) in [4.78, 5) is 8.97. The highest BCUT2D eigenvalue weighted by Crippen LogP contribution is 2.26. The van der Waals surface area contributed by atoms with Gasteiger partial charge in [0.15, 0.2) is 0 Å². The molecular weight excluding hydrogens is 330 g/mol. The average Bonchev–Trinajstić information content (AvgIpc) is 2.91. The van der Waals surface area contributed by atoms with Gasteiger partial charge in [0.25, 0.3) is 0 Å². The highest BCUT2D eigenvalue weighted by molar-refractivity contribution is 5.65. The maximum absolute atomic E-state index is 5.41. The van der Waals surface area contributed by atoms with E-state index in [1.165, 1.54) is 0 Å². The number of methoxy groups -OCH3 is 2. The highest BCUT2D eigenvalue weighted by Gasteiger charge is 2.14. The lowest BCUT2D eigenvalue weighted by atomic mass is 10.1. The Bertz CT molecular complexity index is 920. The van der Waals surface area contributed by atoms with E-state index in [0.717, 1.165) is 39.7 Å². The lowest BCUT2D eigenvalue weighted by Gasteiger charge is -2.12. The number of aryl methyl sites for hydroxylation is 2. The molecule has 0 spiro atoms. The monoisotopic (exact) mass is 353 g/mol. The van der Waals surface area contributed by atoms with Crippen molar-refractivity contribution in [2.24, 2.45) is 7.05 Å². The highest BCUT2D eigenvalue weighted by atomic mass is 16.5. The first-order valence-electron chi connectivity index (χ1n) is 8.32. The minimum absolute atomic E-state index is 0.523. The lowest BCUT2D eigenvalue weighted by Crippen LogP contribution is -2.06. The van der Waals surface area contributed by atoms with Gasteiger partial charge >= 0.3 is 0 Å². The van der Waals surface area contributed by atoms with Gasteiger partial charge in [-0.15, -0.1) is 0 Å². The summed E-state index contributed by atoms with van der Waals surface area (Å²) in [5.74, 6) is 2.11. The molecule has 136 valence electrons. The Balaban J connectivity index is 1.84. The largest absolute Gasteiger partial charge is 0.497 e. The van der Waals surface area contributed by atoms with Gasteiger partial charge in [0.05, 0.1) is 25.6 Å². The summed E-state index contributed by atoms with van der Waals surface area (Å²) in [6.45, 7) is 4.54. The summed E-state index contributed by atoms with van der Waals surface area (Å²) in [6.07, 6.45) is 1.75. The van der Waals surface area contributed by atoms with E-state index >= 15 is 0 Å². The number of hydrogen-bond acceptors (Lipinski definition) is 6. The fourth-order valence-electron chi connectivity index (χ4n) is 2.92. The van der Waals surface area contributed by atoms with Crippen molar-refractivity contribution in [2.45, 2.75) is 20.4 Å². The zero-order valence-corrected chi connectivity index (χ0v) is 15.7. The molecule has 0 bridgehead atoms. The van der Waals surface area contributed by atoms with Crippen molar-refractivity contribution in [2.75, 3.05) is 19.5 Å². The number of rotatable bonds is 6. The molecule has 0 saturated carbocycles. The van der Waals surface area contributed by atoms with E-state index in [1.54, 1.807) is 20.4 Å². The maximum atomic E-state index is 5.41. The second kappa shape index (κ2) is 7.43. The van der Waals surface area contributed by atoms with Crippen LogP contribution in [0.3, 0.4) is 0 Å². The summed E-state index contributed by atoms with van der Waals surface area (Å²) in [5, 5.41) is 7.72. The fourth-order valence-corrected chi connectivity index (χ4v) is 2.92. The van der Waals surface area contributed by atoms with Gasteiger partial charge in [-0.2, -0.15) is 5.10 Å². The number of benzene rings is 1. The normalized spacial score (nSPS) is 10.7. The van der Waals surface area contributed by atoms with Gasteiger partial charge in [0.2, 0.25) is 5.95 Å². The van der Waals surface area contributed by atoms with Gasteiger partial charge in [-0.3, -0.25) is 4.68 Å². The smallest absolute Gasteiger partial charge is 0.223 e. The average molecular weight is 353 g/mol. The van der Waals surface area contributed by atoms with Crippen LogP contribution in [0.2, 0.25) is 0 Å². The Morgan fingerprint density at radius 2 is 1.92 bits per heavy atom. The van der Waals surface area contributed by atoms with Gasteiger partial charge < -0.3 is 14.8 Å². The molecule has 2 heterocycles. The third kappa shape index (κ3) is 3.46. The predicted octanol–water partition coefficient (Wildman–Crippen LogP) is 3.12. The molecule has 0 fully saturated rings. The number of hydrogen-bond donors (Lipinski definition) is 1. The Hall–Kier alpha value is -3.09. The van der Waals surface area contributed by atoms with Crippen LogP contribution in [-0.4, -0.2) is 34.0 Å². The van der Waals surface area contributed by atoms with Crippen LogP contribution < -0.4 is 14.8 Å². The maximum Gasteiger partial charge on any atom is 0.223 e. The third-order valence-corrected chi connectivity index (χ3v) is 4.35. The van der Waals surface area contributed by atoms with Crippen molar-refractivity contribution in [3.05, 3.63) is 47.4 Å². The molecule has 0 aliphatic rings. The molecule has 1 N–H and O–H groups in total. The van der Waals surface area contributed by atoms with E-state index in [1.807, 2.05) is 49.8 Å². The summed E-state index contributed by atoms with van der Waals surface area (Å²) < 4.78 is 12.6. The molecule has 0 unspecified atom stereocenters. The van der Waals surface area contributed by atoms with Gasteiger partial charge in [-0.25, -0.2) is 9.97 Å². The SMILES string of the molecule is COc1ccc(OC)c(CNc2nccc(-c3c(C)nn(C)c3C)n2)c1. The number of nitrogens with zero attached hydrogens (tertiary/aromatic N) is 4. The summed E-state index contributed by atoms with van der Waals surface area (Å²) in [5.41, 5.74) is 4.88. The predicted molar refractivity (Wildman–Crippen MR) is 101 cm³/mol. The first kappa shape index (κ1) is 17.7. The van der Waals surface area contributed by atoms with Crippen LogP contribution in [0.4, 0.5) is 5.95 Å². The molecule has 3 rings (SSSR count). The van der Waals surface area contributed by atoms with Crippen molar-refractivity contribution in [1.82, 2.24) is 19.7 Å². The van der Waals surface area contributed by atoms with Crippen LogP contribution in [0.5, 0.6) is 11.5 Å². The van der Waals surface area contributed by atoms with Crippen molar-refractivity contribution >= 4 is 5.95 Å². The van der Waals surface area contributed by atoms with Crippen LogP contribution in [0.1, 0.15) is 17.0 Å². The second-order valence-corrected chi connectivity index (χ2v) is 5.97. The summed E-state index contributed by atoms with van der Waals surface area (Å²) in [6, 6.07) is 7.59. The first-order chi connectivity index (χ1) is 12.5. The Morgan fingerprint density at radius 1 is 1.12 bits per heavy atom. The minimum atomic E-state index is 0.523. The molecule has 7 heteroatoms. The number of ether oxygens (including phenoxy) is 2. The minimum Gasteiger partial charge on any atom is -0.497 e. The zero-order valence-electron chi connectivity index (χ0n) is 15.7. The Morgan fingerprint density at radius 3 is 2.58 bits per heavy atom. The quantitative estimate of drug-likeness (QED) is 0.734. The van der Waals surface area contributed by atoms with Gasteiger partial charge in [-0.05, 0) is 38.1 Å². The molecule has 7 nitrogen and oxygen atoms in total. The molecule has 0 aliphatic heterocycles. The summed E-state index contributed by atoms with van der Waals surface area (Å²) in [7, 11) is 5.22. The van der Waals surface area contributed by atoms with E-state index in [2.05, 4.69) is 20.4 Å². The standard InChI is InChI=1S/C19H23N5O2/c1-12-18(13(2)24(3)23-12)16-8-9-20-19(22-16)21-11-14-10-15(25-4)6-7-17(14)26-5/h6-10H,11H2,1-5H3,(H,20,21,22). The molecule has 0 saturated heterocycles. The van der Waals surface area contributed by atoms with Gasteiger partial charge in [0, 0.05) is 36.6 Å². The molecule has 0 amide bonds. The molecular formula is C19H23N5O2.